The van der Waals surface area contributed by atoms with E-state index in [9.17, 15) is 0 Å². The molecule has 96 valence electrons. The maximum Gasteiger partial charge on any atom is 0.0648 e. The van der Waals surface area contributed by atoms with Gasteiger partial charge in [0, 0.05) is 9.35 Å². The van der Waals surface area contributed by atoms with Crippen molar-refractivity contribution < 1.29 is 0 Å². The molecule has 0 aliphatic carbocycles. The minimum Gasteiger partial charge on any atom is -0.320 e. The molecule has 3 rings (SSSR count). The van der Waals surface area contributed by atoms with Gasteiger partial charge in [-0.2, -0.15) is 0 Å². The fourth-order valence-corrected chi connectivity index (χ4v) is 3.62. The monoisotopic (exact) mass is 331 g/mol. The van der Waals surface area contributed by atoms with Gasteiger partial charge in [0.2, 0.25) is 0 Å². The Morgan fingerprint density at radius 3 is 2.53 bits per heavy atom. The van der Waals surface area contributed by atoms with Crippen LogP contribution < -0.4 is 5.73 Å². The quantitative estimate of drug-likeness (QED) is 0.700. The van der Waals surface area contributed by atoms with Crippen molar-refractivity contribution in [2.45, 2.75) is 13.0 Å². The molecule has 2 N–H and O–H groups in total. The third kappa shape index (κ3) is 2.46. The van der Waals surface area contributed by atoms with Crippen LogP contribution in [0.15, 0.2) is 52.3 Å². The molecule has 3 heteroatoms. The van der Waals surface area contributed by atoms with Crippen LogP contribution in [0.3, 0.4) is 0 Å². The van der Waals surface area contributed by atoms with Crippen molar-refractivity contribution in [3.8, 4) is 0 Å². The summed E-state index contributed by atoms with van der Waals surface area (Å²) in [5.74, 6) is 0. The van der Waals surface area contributed by atoms with Crippen molar-refractivity contribution in [2.75, 3.05) is 0 Å². The van der Waals surface area contributed by atoms with Crippen molar-refractivity contribution >= 4 is 38.0 Å². The van der Waals surface area contributed by atoms with Crippen LogP contribution in [0.1, 0.15) is 22.0 Å². The Kier molecular flexibility index (Phi) is 3.44. The van der Waals surface area contributed by atoms with Gasteiger partial charge in [0.15, 0.2) is 0 Å². The molecule has 0 saturated carbocycles. The predicted octanol–water partition coefficient (Wildman–Crippen LogP) is 5.02. The molecule has 0 spiro atoms. The number of halogens is 1. The van der Waals surface area contributed by atoms with Crippen molar-refractivity contribution in [1.82, 2.24) is 0 Å². The van der Waals surface area contributed by atoms with Crippen LogP contribution in [0.4, 0.5) is 0 Å². The Hall–Kier alpha value is -1.16. The molecule has 3 aromatic rings. The number of rotatable bonds is 2. The van der Waals surface area contributed by atoms with Crippen LogP contribution in [0.25, 0.3) is 10.8 Å². The van der Waals surface area contributed by atoms with Gasteiger partial charge in [0.25, 0.3) is 0 Å². The van der Waals surface area contributed by atoms with Gasteiger partial charge >= 0.3 is 0 Å². The lowest BCUT2D eigenvalue weighted by Crippen LogP contribution is -2.11. The second kappa shape index (κ2) is 5.08. The normalized spacial score (nSPS) is 12.8. The Bertz CT molecular complexity index is 732. The SMILES string of the molecule is Cc1ccsc1C(N)c1ccc2cc(Br)ccc2c1. The molecule has 0 aliphatic heterocycles. The maximum atomic E-state index is 6.38. The second-order valence-electron chi connectivity index (χ2n) is 4.70. The number of benzene rings is 2. The summed E-state index contributed by atoms with van der Waals surface area (Å²) < 4.78 is 1.10. The first-order chi connectivity index (χ1) is 9.15. The number of fused-ring (bicyclic) bond motifs is 1. The standard InChI is InChI=1S/C16H14BrNS/c1-10-6-7-19-16(10)15(18)13-3-2-12-9-14(17)5-4-11(12)8-13/h2-9,15H,18H2,1H3. The number of thiophene rings is 1. The van der Waals surface area contributed by atoms with E-state index in [-0.39, 0.29) is 6.04 Å². The van der Waals surface area contributed by atoms with Crippen LogP contribution >= 0.6 is 27.3 Å². The summed E-state index contributed by atoms with van der Waals surface area (Å²) >= 11 is 5.23. The molecule has 19 heavy (non-hydrogen) atoms. The van der Waals surface area contributed by atoms with E-state index in [1.807, 2.05) is 0 Å². The fraction of sp³-hybridized carbons (Fsp3) is 0.125. The first kappa shape index (κ1) is 12.9. The van der Waals surface area contributed by atoms with Gasteiger partial charge in [-0.25, -0.2) is 0 Å². The summed E-state index contributed by atoms with van der Waals surface area (Å²) in [6, 6.07) is 14.8. The molecule has 0 bridgehead atoms. The van der Waals surface area contributed by atoms with Gasteiger partial charge in [-0.05, 0) is 58.5 Å². The first-order valence-corrected chi connectivity index (χ1v) is 7.81. The van der Waals surface area contributed by atoms with Gasteiger partial charge in [-0.1, -0.05) is 34.1 Å². The second-order valence-corrected chi connectivity index (χ2v) is 6.56. The third-order valence-electron chi connectivity index (χ3n) is 3.37. The van der Waals surface area contributed by atoms with E-state index in [0.717, 1.165) is 4.47 Å². The highest BCUT2D eigenvalue weighted by Crippen LogP contribution is 2.30. The average molecular weight is 332 g/mol. The predicted molar refractivity (Wildman–Crippen MR) is 86.7 cm³/mol. The zero-order valence-corrected chi connectivity index (χ0v) is 13.0. The third-order valence-corrected chi connectivity index (χ3v) is 4.96. The number of hydrogen-bond donors (Lipinski definition) is 1. The van der Waals surface area contributed by atoms with Gasteiger partial charge in [0.05, 0.1) is 6.04 Å². The van der Waals surface area contributed by atoms with Crippen LogP contribution in [-0.4, -0.2) is 0 Å². The molecule has 1 atom stereocenters. The Labute approximate surface area is 125 Å². The van der Waals surface area contributed by atoms with E-state index in [1.165, 1.54) is 26.8 Å². The van der Waals surface area contributed by atoms with Crippen molar-refractivity contribution in [3.63, 3.8) is 0 Å². The molecule has 1 nitrogen and oxygen atoms in total. The summed E-state index contributed by atoms with van der Waals surface area (Å²) in [6.45, 7) is 2.11. The van der Waals surface area contributed by atoms with Gasteiger partial charge in [-0.3, -0.25) is 0 Å². The summed E-state index contributed by atoms with van der Waals surface area (Å²) in [6.07, 6.45) is 0. The van der Waals surface area contributed by atoms with E-state index in [1.54, 1.807) is 11.3 Å². The summed E-state index contributed by atoms with van der Waals surface area (Å²) in [5.41, 5.74) is 8.82. The van der Waals surface area contributed by atoms with E-state index >= 15 is 0 Å². The molecule has 0 saturated heterocycles. The van der Waals surface area contributed by atoms with Crippen LogP contribution in [-0.2, 0) is 0 Å². The molecule has 0 fully saturated rings. The highest BCUT2D eigenvalue weighted by Gasteiger charge is 2.13. The number of hydrogen-bond acceptors (Lipinski definition) is 2. The highest BCUT2D eigenvalue weighted by molar-refractivity contribution is 9.10. The smallest absolute Gasteiger partial charge is 0.0648 e. The Morgan fingerprint density at radius 1 is 1.05 bits per heavy atom. The van der Waals surface area contributed by atoms with E-state index in [0.29, 0.717) is 0 Å². The van der Waals surface area contributed by atoms with Gasteiger partial charge < -0.3 is 5.73 Å². The average Bonchev–Trinajstić information content (AvgIpc) is 2.83. The zero-order chi connectivity index (χ0) is 13.4. The maximum absolute atomic E-state index is 6.38. The fourth-order valence-electron chi connectivity index (χ4n) is 2.28. The molecule has 0 amide bonds. The van der Waals surface area contributed by atoms with E-state index in [4.69, 9.17) is 5.73 Å². The molecule has 2 aromatic carbocycles. The number of nitrogens with two attached hydrogens (primary N) is 1. The molecule has 0 aliphatic rings. The molecular formula is C16H14BrNS. The minimum atomic E-state index is -0.0342. The molecule has 1 unspecified atom stereocenters. The summed E-state index contributed by atoms with van der Waals surface area (Å²) in [7, 11) is 0. The largest absolute Gasteiger partial charge is 0.320 e. The zero-order valence-electron chi connectivity index (χ0n) is 10.6. The topological polar surface area (TPSA) is 26.0 Å². The van der Waals surface area contributed by atoms with E-state index < -0.39 is 0 Å². The van der Waals surface area contributed by atoms with Crippen molar-refractivity contribution in [1.29, 1.82) is 0 Å². The van der Waals surface area contributed by atoms with Crippen molar-refractivity contribution in [3.05, 3.63) is 68.3 Å². The summed E-state index contributed by atoms with van der Waals surface area (Å²) in [4.78, 5) is 1.25. The number of aryl methyl sites for hydroxylation is 1. The van der Waals surface area contributed by atoms with Crippen LogP contribution in [0.5, 0.6) is 0 Å². The highest BCUT2D eigenvalue weighted by atomic mass is 79.9. The van der Waals surface area contributed by atoms with Crippen LogP contribution in [0.2, 0.25) is 0 Å². The van der Waals surface area contributed by atoms with Gasteiger partial charge in [-0.15, -0.1) is 11.3 Å². The van der Waals surface area contributed by atoms with Crippen molar-refractivity contribution in [2.24, 2.45) is 5.73 Å². The molecular weight excluding hydrogens is 318 g/mol. The molecule has 1 aromatic heterocycles. The van der Waals surface area contributed by atoms with Crippen LogP contribution in [0, 0.1) is 6.92 Å². The molecule has 1 heterocycles. The van der Waals surface area contributed by atoms with Gasteiger partial charge in [0.1, 0.15) is 0 Å². The lowest BCUT2D eigenvalue weighted by Gasteiger charge is -2.12. The lowest BCUT2D eigenvalue weighted by molar-refractivity contribution is 0.887. The van der Waals surface area contributed by atoms with E-state index in [2.05, 4.69) is 70.7 Å². The lowest BCUT2D eigenvalue weighted by atomic mass is 10.00. The Morgan fingerprint density at radius 2 is 1.79 bits per heavy atom. The minimum absolute atomic E-state index is 0.0342. The first-order valence-electron chi connectivity index (χ1n) is 6.14. The Balaban J connectivity index is 2.06. The summed E-state index contributed by atoms with van der Waals surface area (Å²) in [5, 5.41) is 4.56. The molecule has 0 radical (unpaired) electrons.